The van der Waals surface area contributed by atoms with Gasteiger partial charge in [-0.3, -0.25) is 4.79 Å². The van der Waals surface area contributed by atoms with Crippen LogP contribution in [0.5, 0.6) is 11.5 Å². The maximum atomic E-state index is 12.2. The van der Waals surface area contributed by atoms with Gasteiger partial charge in [-0.2, -0.15) is 0 Å². The van der Waals surface area contributed by atoms with Gasteiger partial charge in [0.25, 0.3) is 0 Å². The zero-order chi connectivity index (χ0) is 19.3. The van der Waals surface area contributed by atoms with E-state index in [-0.39, 0.29) is 23.2 Å². The second-order valence-corrected chi connectivity index (χ2v) is 5.32. The van der Waals surface area contributed by atoms with Crippen LogP contribution in [-0.2, 0) is 11.2 Å². The zero-order valence-electron chi connectivity index (χ0n) is 14.1. The molecule has 0 atom stereocenters. The minimum atomic E-state index is -1.29. The van der Waals surface area contributed by atoms with Crippen LogP contribution >= 0.6 is 0 Å². The minimum absolute atomic E-state index is 0.0138. The van der Waals surface area contributed by atoms with Crippen molar-refractivity contribution in [3.05, 3.63) is 53.1 Å². The third-order valence-corrected chi connectivity index (χ3v) is 3.52. The highest BCUT2D eigenvalue weighted by Crippen LogP contribution is 2.27. The number of hydrogen-bond acceptors (Lipinski definition) is 5. The Bertz CT molecular complexity index is 828. The van der Waals surface area contributed by atoms with E-state index in [9.17, 15) is 14.4 Å². The molecule has 1 amide bonds. The van der Waals surface area contributed by atoms with Gasteiger partial charge in [0.2, 0.25) is 5.91 Å². The van der Waals surface area contributed by atoms with Gasteiger partial charge in [-0.1, -0.05) is 6.07 Å². The van der Waals surface area contributed by atoms with Crippen molar-refractivity contribution in [1.82, 2.24) is 0 Å². The molecule has 0 fully saturated rings. The fourth-order valence-corrected chi connectivity index (χ4v) is 2.33. The van der Waals surface area contributed by atoms with Crippen molar-refractivity contribution in [2.24, 2.45) is 0 Å². The normalized spacial score (nSPS) is 10.1. The van der Waals surface area contributed by atoms with E-state index in [2.05, 4.69) is 5.32 Å². The van der Waals surface area contributed by atoms with Crippen molar-refractivity contribution < 1.29 is 34.1 Å². The molecule has 136 valence electrons. The molecule has 0 radical (unpaired) electrons. The number of rotatable bonds is 7. The minimum Gasteiger partial charge on any atom is -0.493 e. The number of aromatic carboxylic acids is 2. The molecular weight excluding hydrogens is 342 g/mol. The van der Waals surface area contributed by atoms with Gasteiger partial charge in [0.15, 0.2) is 11.5 Å². The van der Waals surface area contributed by atoms with Crippen LogP contribution in [0.1, 0.15) is 26.3 Å². The SMILES string of the molecule is COc1ccc(CC(=O)Nc2cc(C(=O)O)cc(C(=O)O)c2)cc1OC. The molecule has 0 aliphatic carbocycles. The van der Waals surface area contributed by atoms with Crippen molar-refractivity contribution in [3.63, 3.8) is 0 Å². The number of carbonyl (C=O) groups excluding carboxylic acids is 1. The Labute approximate surface area is 149 Å². The fourth-order valence-electron chi connectivity index (χ4n) is 2.33. The molecule has 0 saturated heterocycles. The number of benzene rings is 2. The van der Waals surface area contributed by atoms with Gasteiger partial charge in [0, 0.05) is 5.69 Å². The summed E-state index contributed by atoms with van der Waals surface area (Å²) >= 11 is 0. The Kier molecular flexibility index (Phi) is 5.79. The molecule has 0 saturated carbocycles. The van der Waals surface area contributed by atoms with Crippen LogP contribution in [0.15, 0.2) is 36.4 Å². The van der Waals surface area contributed by atoms with Crippen LogP contribution in [0, 0.1) is 0 Å². The monoisotopic (exact) mass is 359 g/mol. The molecule has 0 aromatic heterocycles. The maximum Gasteiger partial charge on any atom is 0.335 e. The molecule has 0 spiro atoms. The quantitative estimate of drug-likeness (QED) is 0.693. The number of ether oxygens (including phenoxy) is 2. The van der Waals surface area contributed by atoms with Crippen LogP contribution < -0.4 is 14.8 Å². The summed E-state index contributed by atoms with van der Waals surface area (Å²) < 4.78 is 10.3. The van der Waals surface area contributed by atoms with Crippen molar-refractivity contribution in [3.8, 4) is 11.5 Å². The number of hydrogen-bond donors (Lipinski definition) is 3. The topological polar surface area (TPSA) is 122 Å². The van der Waals surface area contributed by atoms with E-state index in [1.54, 1.807) is 18.2 Å². The van der Waals surface area contributed by atoms with E-state index < -0.39 is 17.8 Å². The van der Waals surface area contributed by atoms with Gasteiger partial charge in [0.05, 0.1) is 31.8 Å². The highest BCUT2D eigenvalue weighted by molar-refractivity contribution is 5.98. The van der Waals surface area contributed by atoms with Crippen molar-refractivity contribution in [1.29, 1.82) is 0 Å². The Balaban J connectivity index is 2.19. The lowest BCUT2D eigenvalue weighted by Crippen LogP contribution is -2.15. The molecule has 0 aliphatic heterocycles. The molecule has 2 aromatic rings. The molecule has 0 heterocycles. The molecule has 0 aliphatic rings. The van der Waals surface area contributed by atoms with E-state index in [0.717, 1.165) is 6.07 Å². The predicted molar refractivity (Wildman–Crippen MR) is 92.2 cm³/mol. The Morgan fingerprint density at radius 3 is 1.96 bits per heavy atom. The Morgan fingerprint density at radius 2 is 1.46 bits per heavy atom. The highest BCUT2D eigenvalue weighted by atomic mass is 16.5. The molecule has 0 unspecified atom stereocenters. The highest BCUT2D eigenvalue weighted by Gasteiger charge is 2.14. The first-order chi connectivity index (χ1) is 12.3. The smallest absolute Gasteiger partial charge is 0.335 e. The number of anilines is 1. The first-order valence-corrected chi connectivity index (χ1v) is 7.46. The third-order valence-electron chi connectivity index (χ3n) is 3.52. The van der Waals surface area contributed by atoms with Gasteiger partial charge in [-0.05, 0) is 35.9 Å². The summed E-state index contributed by atoms with van der Waals surface area (Å²) in [6.45, 7) is 0. The summed E-state index contributed by atoms with van der Waals surface area (Å²) in [4.78, 5) is 34.4. The van der Waals surface area contributed by atoms with Gasteiger partial charge in [-0.25, -0.2) is 9.59 Å². The standard InChI is InChI=1S/C18H17NO7/c1-25-14-4-3-10(5-15(14)26-2)6-16(20)19-13-8-11(17(21)22)7-12(9-13)18(23)24/h3-5,7-9H,6H2,1-2H3,(H,19,20)(H,21,22)(H,23,24). The number of amides is 1. The maximum absolute atomic E-state index is 12.2. The summed E-state index contributed by atoms with van der Waals surface area (Å²) in [5, 5.41) is 20.6. The fraction of sp³-hybridized carbons (Fsp3) is 0.167. The average Bonchev–Trinajstić information content (AvgIpc) is 2.60. The lowest BCUT2D eigenvalue weighted by Gasteiger charge is -2.10. The Morgan fingerprint density at radius 1 is 0.885 bits per heavy atom. The molecule has 8 nitrogen and oxygen atoms in total. The summed E-state index contributed by atoms with van der Waals surface area (Å²) in [6, 6.07) is 8.41. The number of nitrogens with one attached hydrogen (secondary N) is 1. The summed E-state index contributed by atoms with van der Waals surface area (Å²) in [6.07, 6.45) is -0.0138. The summed E-state index contributed by atoms with van der Waals surface area (Å²) in [7, 11) is 2.98. The summed E-state index contributed by atoms with van der Waals surface area (Å²) in [5.74, 6) is -2.01. The molecule has 2 rings (SSSR count). The molecule has 8 heteroatoms. The molecule has 0 bridgehead atoms. The van der Waals surface area contributed by atoms with Crippen molar-refractivity contribution >= 4 is 23.5 Å². The van der Waals surface area contributed by atoms with Crippen LogP contribution in [-0.4, -0.2) is 42.3 Å². The lowest BCUT2D eigenvalue weighted by molar-refractivity contribution is -0.115. The molecular formula is C18H17NO7. The second-order valence-electron chi connectivity index (χ2n) is 5.32. The van der Waals surface area contributed by atoms with Crippen molar-refractivity contribution in [2.75, 3.05) is 19.5 Å². The van der Waals surface area contributed by atoms with E-state index in [1.165, 1.54) is 26.4 Å². The lowest BCUT2D eigenvalue weighted by atomic mass is 10.1. The molecule has 3 N–H and O–H groups in total. The number of methoxy groups -OCH3 is 2. The third kappa shape index (κ3) is 4.50. The van der Waals surface area contributed by atoms with Crippen LogP contribution in [0.25, 0.3) is 0 Å². The molecule has 2 aromatic carbocycles. The second kappa shape index (κ2) is 8.02. The average molecular weight is 359 g/mol. The number of carboxylic acids is 2. The van der Waals surface area contributed by atoms with E-state index in [0.29, 0.717) is 17.1 Å². The largest absolute Gasteiger partial charge is 0.493 e. The Hall–Kier alpha value is -3.55. The summed E-state index contributed by atoms with van der Waals surface area (Å²) in [5.41, 5.74) is 0.276. The molecule has 26 heavy (non-hydrogen) atoms. The first kappa shape index (κ1) is 18.8. The van der Waals surface area contributed by atoms with Crippen LogP contribution in [0.2, 0.25) is 0 Å². The van der Waals surface area contributed by atoms with Crippen molar-refractivity contribution in [2.45, 2.75) is 6.42 Å². The predicted octanol–water partition coefficient (Wildman–Crippen LogP) is 2.28. The van der Waals surface area contributed by atoms with E-state index in [1.807, 2.05) is 0 Å². The number of carboxylic acid groups (broad SMARTS) is 2. The van der Waals surface area contributed by atoms with Gasteiger partial charge < -0.3 is 25.0 Å². The first-order valence-electron chi connectivity index (χ1n) is 7.46. The van der Waals surface area contributed by atoms with E-state index >= 15 is 0 Å². The van der Waals surface area contributed by atoms with Crippen LogP contribution in [0.4, 0.5) is 5.69 Å². The number of carbonyl (C=O) groups is 3. The van der Waals surface area contributed by atoms with Gasteiger partial charge >= 0.3 is 11.9 Å². The van der Waals surface area contributed by atoms with E-state index in [4.69, 9.17) is 19.7 Å². The van der Waals surface area contributed by atoms with Crippen LogP contribution in [0.3, 0.4) is 0 Å². The van der Waals surface area contributed by atoms with Gasteiger partial charge in [0.1, 0.15) is 0 Å². The zero-order valence-corrected chi connectivity index (χ0v) is 14.1. The van der Waals surface area contributed by atoms with Gasteiger partial charge in [-0.15, -0.1) is 0 Å².